The maximum atomic E-state index is 13.4. The number of sulfonamides is 1. The molecule has 0 aromatic heterocycles. The average Bonchev–Trinajstić information content (AvgIpc) is 2.89. The zero-order valence-corrected chi connectivity index (χ0v) is 12.2. The van der Waals surface area contributed by atoms with Crippen LogP contribution in [0.5, 0.6) is 0 Å². The lowest BCUT2D eigenvalue weighted by Gasteiger charge is -2.37. The fraction of sp³-hybridized carbons (Fsp3) is 0.538. The molecule has 1 spiro atoms. The van der Waals surface area contributed by atoms with Gasteiger partial charge >= 0.3 is 0 Å². The van der Waals surface area contributed by atoms with E-state index in [1.165, 1.54) is 10.4 Å². The molecule has 0 saturated carbocycles. The van der Waals surface area contributed by atoms with Gasteiger partial charge in [-0.1, -0.05) is 0 Å². The molecule has 8 heteroatoms. The highest BCUT2D eigenvalue weighted by molar-refractivity contribution is 7.89. The molecule has 2 aliphatic rings. The standard InChI is InChI=1S/C13H17FN2O4S/c14-10-2-3-11(15)12(8-10)21(17,18)16-5-1-4-13(9-16)19-6-7-20-13/h2-3,8H,1,4-7,9,15H2. The molecule has 2 aliphatic heterocycles. The maximum absolute atomic E-state index is 13.4. The molecule has 3 rings (SSSR count). The van der Waals surface area contributed by atoms with Crippen LogP contribution in [0.15, 0.2) is 23.1 Å². The van der Waals surface area contributed by atoms with Crippen LogP contribution in [0.3, 0.4) is 0 Å². The average molecular weight is 316 g/mol. The normalized spacial score (nSPS) is 22.7. The predicted octanol–water partition coefficient (Wildman–Crippen LogP) is 0.935. The van der Waals surface area contributed by atoms with Crippen molar-refractivity contribution >= 4 is 15.7 Å². The third kappa shape index (κ3) is 2.64. The van der Waals surface area contributed by atoms with Gasteiger partial charge in [-0.15, -0.1) is 0 Å². The molecule has 116 valence electrons. The Balaban J connectivity index is 1.92. The van der Waals surface area contributed by atoms with Crippen molar-refractivity contribution in [3.63, 3.8) is 0 Å². The minimum Gasteiger partial charge on any atom is -0.398 e. The number of benzene rings is 1. The molecule has 1 aromatic rings. The van der Waals surface area contributed by atoms with E-state index in [9.17, 15) is 12.8 Å². The van der Waals surface area contributed by atoms with Gasteiger partial charge in [0, 0.05) is 13.0 Å². The zero-order valence-electron chi connectivity index (χ0n) is 11.4. The smallest absolute Gasteiger partial charge is 0.245 e. The van der Waals surface area contributed by atoms with E-state index >= 15 is 0 Å². The largest absolute Gasteiger partial charge is 0.398 e. The molecular formula is C13H17FN2O4S. The van der Waals surface area contributed by atoms with E-state index in [0.717, 1.165) is 12.1 Å². The molecule has 0 bridgehead atoms. The predicted molar refractivity (Wildman–Crippen MR) is 73.4 cm³/mol. The summed E-state index contributed by atoms with van der Waals surface area (Å²) in [5.41, 5.74) is 5.72. The molecular weight excluding hydrogens is 299 g/mol. The SMILES string of the molecule is Nc1ccc(F)cc1S(=O)(=O)N1CCCC2(C1)OCCO2. The summed E-state index contributed by atoms with van der Waals surface area (Å²) in [6, 6.07) is 3.34. The van der Waals surface area contributed by atoms with E-state index in [2.05, 4.69) is 0 Å². The Bertz CT molecular complexity index is 644. The van der Waals surface area contributed by atoms with Gasteiger partial charge in [0.15, 0.2) is 5.79 Å². The van der Waals surface area contributed by atoms with Gasteiger partial charge in [0.1, 0.15) is 10.7 Å². The van der Waals surface area contributed by atoms with Crippen LogP contribution in [-0.4, -0.2) is 44.8 Å². The highest BCUT2D eigenvalue weighted by Crippen LogP contribution is 2.34. The van der Waals surface area contributed by atoms with Gasteiger partial charge in [0.05, 0.1) is 25.4 Å². The van der Waals surface area contributed by atoms with Crippen LogP contribution in [0.25, 0.3) is 0 Å². The van der Waals surface area contributed by atoms with Crippen LogP contribution in [0.4, 0.5) is 10.1 Å². The van der Waals surface area contributed by atoms with Crippen molar-refractivity contribution in [2.24, 2.45) is 0 Å². The number of hydrogen-bond acceptors (Lipinski definition) is 5. The van der Waals surface area contributed by atoms with Gasteiger partial charge < -0.3 is 15.2 Å². The number of anilines is 1. The second kappa shape index (κ2) is 5.20. The fourth-order valence-electron chi connectivity index (χ4n) is 2.76. The molecule has 21 heavy (non-hydrogen) atoms. The molecule has 0 amide bonds. The number of ether oxygens (including phenoxy) is 2. The first-order valence-electron chi connectivity index (χ1n) is 6.76. The lowest BCUT2D eigenvalue weighted by molar-refractivity contribution is -0.179. The van der Waals surface area contributed by atoms with Crippen molar-refractivity contribution in [2.45, 2.75) is 23.5 Å². The van der Waals surface area contributed by atoms with Crippen LogP contribution in [0, 0.1) is 5.82 Å². The third-order valence-corrected chi connectivity index (χ3v) is 5.69. The molecule has 0 atom stereocenters. The van der Waals surface area contributed by atoms with E-state index in [1.807, 2.05) is 0 Å². The van der Waals surface area contributed by atoms with Gasteiger partial charge in [-0.3, -0.25) is 0 Å². The first-order valence-corrected chi connectivity index (χ1v) is 8.20. The first-order chi connectivity index (χ1) is 9.93. The van der Waals surface area contributed by atoms with Crippen molar-refractivity contribution in [3.8, 4) is 0 Å². The zero-order chi connectivity index (χ0) is 15.1. The highest BCUT2D eigenvalue weighted by Gasteiger charge is 2.44. The molecule has 2 saturated heterocycles. The van der Waals surface area contributed by atoms with Crippen molar-refractivity contribution in [1.29, 1.82) is 0 Å². The monoisotopic (exact) mass is 316 g/mol. The molecule has 2 heterocycles. The number of nitrogen functional groups attached to an aromatic ring is 1. The number of hydrogen-bond donors (Lipinski definition) is 1. The van der Waals surface area contributed by atoms with Crippen molar-refractivity contribution < 1.29 is 22.3 Å². The minimum atomic E-state index is -3.87. The Morgan fingerprint density at radius 1 is 1.29 bits per heavy atom. The van der Waals surface area contributed by atoms with E-state index < -0.39 is 21.6 Å². The Labute approximate surface area is 122 Å². The number of halogens is 1. The minimum absolute atomic E-state index is 0.0317. The fourth-order valence-corrected chi connectivity index (χ4v) is 4.40. The van der Waals surface area contributed by atoms with Crippen LogP contribution in [-0.2, 0) is 19.5 Å². The van der Waals surface area contributed by atoms with Gasteiger partial charge in [-0.2, -0.15) is 4.31 Å². The number of nitrogens with zero attached hydrogens (tertiary/aromatic N) is 1. The molecule has 0 aliphatic carbocycles. The highest BCUT2D eigenvalue weighted by atomic mass is 32.2. The van der Waals surface area contributed by atoms with Crippen molar-refractivity contribution in [2.75, 3.05) is 32.0 Å². The lowest BCUT2D eigenvalue weighted by atomic mass is 10.1. The second-order valence-corrected chi connectivity index (χ2v) is 7.14. The van der Waals surface area contributed by atoms with Gasteiger partial charge in [-0.05, 0) is 24.6 Å². The summed E-state index contributed by atoms with van der Waals surface area (Å²) in [6.07, 6.45) is 1.27. The summed E-state index contributed by atoms with van der Waals surface area (Å²) in [5, 5.41) is 0. The summed E-state index contributed by atoms with van der Waals surface area (Å²) in [7, 11) is -3.87. The number of rotatable bonds is 2. The lowest BCUT2D eigenvalue weighted by Crippen LogP contribution is -2.51. The first kappa shape index (κ1) is 14.7. The molecule has 2 fully saturated rings. The summed E-state index contributed by atoms with van der Waals surface area (Å²) >= 11 is 0. The van der Waals surface area contributed by atoms with E-state index in [1.54, 1.807) is 0 Å². The second-order valence-electron chi connectivity index (χ2n) is 5.23. The molecule has 6 nitrogen and oxygen atoms in total. The quantitative estimate of drug-likeness (QED) is 0.821. The van der Waals surface area contributed by atoms with Crippen molar-refractivity contribution in [1.82, 2.24) is 4.31 Å². The molecule has 2 N–H and O–H groups in total. The van der Waals surface area contributed by atoms with Crippen LogP contribution in [0.2, 0.25) is 0 Å². The Hall–Kier alpha value is -1.22. The topological polar surface area (TPSA) is 81.9 Å². The Kier molecular flexibility index (Phi) is 3.64. The van der Waals surface area contributed by atoms with Crippen LogP contribution < -0.4 is 5.73 Å². The summed E-state index contributed by atoms with van der Waals surface area (Å²) < 4.78 is 51.1. The third-order valence-electron chi connectivity index (χ3n) is 3.79. The molecule has 0 unspecified atom stereocenters. The van der Waals surface area contributed by atoms with Gasteiger partial charge in [0.2, 0.25) is 10.0 Å². The van der Waals surface area contributed by atoms with E-state index in [-0.39, 0.29) is 17.1 Å². The summed E-state index contributed by atoms with van der Waals surface area (Å²) in [5.74, 6) is -1.50. The van der Waals surface area contributed by atoms with E-state index in [0.29, 0.717) is 32.6 Å². The Morgan fingerprint density at radius 3 is 2.71 bits per heavy atom. The van der Waals surface area contributed by atoms with Gasteiger partial charge in [-0.25, -0.2) is 12.8 Å². The summed E-state index contributed by atoms with van der Waals surface area (Å²) in [4.78, 5) is -0.211. The van der Waals surface area contributed by atoms with E-state index in [4.69, 9.17) is 15.2 Å². The number of nitrogens with two attached hydrogens (primary N) is 1. The van der Waals surface area contributed by atoms with Crippen LogP contribution in [0.1, 0.15) is 12.8 Å². The van der Waals surface area contributed by atoms with Crippen molar-refractivity contribution in [3.05, 3.63) is 24.0 Å². The van der Waals surface area contributed by atoms with Crippen LogP contribution >= 0.6 is 0 Å². The number of piperidine rings is 1. The molecule has 1 aromatic carbocycles. The molecule has 0 radical (unpaired) electrons. The maximum Gasteiger partial charge on any atom is 0.245 e. The van der Waals surface area contributed by atoms with Gasteiger partial charge in [0.25, 0.3) is 0 Å². The Morgan fingerprint density at radius 2 is 2.00 bits per heavy atom. The summed E-state index contributed by atoms with van der Waals surface area (Å²) in [6.45, 7) is 1.35.